The van der Waals surface area contributed by atoms with Crippen LogP contribution in [-0.4, -0.2) is 44.0 Å². The van der Waals surface area contributed by atoms with E-state index in [2.05, 4.69) is 19.9 Å². The Labute approximate surface area is 167 Å². The molecule has 2 aromatic rings. The fraction of sp³-hybridized carbons (Fsp3) is 0.550. The fourth-order valence-corrected chi connectivity index (χ4v) is 4.84. The lowest BCUT2D eigenvalue weighted by molar-refractivity contribution is 0.225. The van der Waals surface area contributed by atoms with Crippen LogP contribution in [0.2, 0.25) is 0 Å². The lowest BCUT2D eigenvalue weighted by Gasteiger charge is -2.26. The average molecular weight is 407 g/mol. The number of anilines is 1. The Kier molecular flexibility index (Phi) is 7.09. The number of aromatic nitrogens is 1. The van der Waals surface area contributed by atoms with Gasteiger partial charge < -0.3 is 9.73 Å². The monoisotopic (exact) mass is 406 g/mol. The Hall–Kier alpha value is -1.90. The zero-order valence-corrected chi connectivity index (χ0v) is 17.4. The summed E-state index contributed by atoms with van der Waals surface area (Å²) in [5, 5.41) is 3.32. The van der Waals surface area contributed by atoms with Crippen LogP contribution in [0.25, 0.3) is 0 Å². The Morgan fingerprint density at radius 2 is 2.04 bits per heavy atom. The predicted octanol–water partition coefficient (Wildman–Crippen LogP) is 3.39. The van der Waals surface area contributed by atoms with E-state index in [0.717, 1.165) is 31.7 Å². The maximum atomic E-state index is 12.4. The molecule has 0 amide bonds. The summed E-state index contributed by atoms with van der Waals surface area (Å²) < 4.78 is 33.2. The number of sulfonamides is 1. The number of hydrogen-bond donors (Lipinski definition) is 2. The fourth-order valence-electron chi connectivity index (χ4n) is 3.61. The summed E-state index contributed by atoms with van der Waals surface area (Å²) in [6.45, 7) is 6.67. The zero-order valence-electron chi connectivity index (χ0n) is 16.6. The highest BCUT2D eigenvalue weighted by molar-refractivity contribution is 7.89. The van der Waals surface area contributed by atoms with Crippen LogP contribution < -0.4 is 10.0 Å². The number of hydrogen-bond acceptors (Lipinski definition) is 6. The summed E-state index contributed by atoms with van der Waals surface area (Å²) in [7, 11) is -3.54. The molecule has 8 heteroatoms. The minimum absolute atomic E-state index is 0.0951. The summed E-state index contributed by atoms with van der Waals surface area (Å²) in [6, 6.07) is 7.25. The van der Waals surface area contributed by atoms with Gasteiger partial charge in [-0.1, -0.05) is 13.3 Å². The molecule has 0 bridgehead atoms. The first kappa shape index (κ1) is 20.8. The smallest absolute Gasteiger partial charge is 0.242 e. The molecular formula is C20H30N4O3S. The summed E-state index contributed by atoms with van der Waals surface area (Å²) in [5.41, 5.74) is 0. The van der Waals surface area contributed by atoms with Gasteiger partial charge in [-0.25, -0.2) is 18.1 Å². The normalized spacial score (nSPS) is 17.5. The third kappa shape index (κ3) is 5.33. The molecule has 7 nitrogen and oxygen atoms in total. The van der Waals surface area contributed by atoms with Gasteiger partial charge in [-0.3, -0.25) is 4.90 Å². The van der Waals surface area contributed by atoms with Crippen molar-refractivity contribution < 1.29 is 12.8 Å². The van der Waals surface area contributed by atoms with Crippen molar-refractivity contribution in [3.05, 3.63) is 42.5 Å². The van der Waals surface area contributed by atoms with Crippen LogP contribution in [0.4, 0.5) is 5.82 Å². The highest BCUT2D eigenvalue weighted by Crippen LogP contribution is 2.26. The first-order valence-corrected chi connectivity index (χ1v) is 11.5. The Balaban J connectivity index is 1.63. The molecule has 1 aliphatic rings. The molecule has 0 spiro atoms. The van der Waals surface area contributed by atoms with Crippen molar-refractivity contribution in [1.29, 1.82) is 0 Å². The van der Waals surface area contributed by atoms with E-state index in [4.69, 9.17) is 4.42 Å². The van der Waals surface area contributed by atoms with Gasteiger partial charge in [-0.2, -0.15) is 0 Å². The summed E-state index contributed by atoms with van der Waals surface area (Å²) in [4.78, 5) is 6.89. The Bertz CT molecular complexity index is 816. The Morgan fingerprint density at radius 1 is 1.25 bits per heavy atom. The molecule has 0 aliphatic carbocycles. The van der Waals surface area contributed by atoms with E-state index >= 15 is 0 Å². The summed E-state index contributed by atoms with van der Waals surface area (Å²) >= 11 is 0. The predicted molar refractivity (Wildman–Crippen MR) is 110 cm³/mol. The quantitative estimate of drug-likeness (QED) is 0.629. The van der Waals surface area contributed by atoms with E-state index in [1.165, 1.54) is 19.0 Å². The lowest BCUT2D eigenvalue weighted by Crippen LogP contribution is -2.32. The van der Waals surface area contributed by atoms with E-state index in [9.17, 15) is 8.42 Å². The minimum Gasteiger partial charge on any atom is -0.468 e. The van der Waals surface area contributed by atoms with Gasteiger partial charge >= 0.3 is 0 Å². The van der Waals surface area contributed by atoms with E-state index in [0.29, 0.717) is 12.4 Å². The standard InChI is InChI=1S/C20H30N4O3S/c1-3-7-16(2)23-28(25,26)17-9-10-20(21-14-17)22-15-18(19-8-6-13-27-19)24-11-4-5-12-24/h6,8-10,13-14,16,18,23H,3-5,7,11-12,15H2,1-2H3,(H,21,22). The van der Waals surface area contributed by atoms with Gasteiger partial charge in [0.05, 0.1) is 12.3 Å². The van der Waals surface area contributed by atoms with Crippen LogP contribution in [0.3, 0.4) is 0 Å². The SMILES string of the molecule is CCCC(C)NS(=O)(=O)c1ccc(NCC(c2ccco2)N2CCCC2)nc1. The Morgan fingerprint density at radius 3 is 2.64 bits per heavy atom. The van der Waals surface area contributed by atoms with Crippen molar-refractivity contribution >= 4 is 15.8 Å². The number of pyridine rings is 1. The summed E-state index contributed by atoms with van der Waals surface area (Å²) in [5.74, 6) is 1.58. The van der Waals surface area contributed by atoms with Gasteiger partial charge in [0.2, 0.25) is 10.0 Å². The van der Waals surface area contributed by atoms with Crippen molar-refractivity contribution in [3.8, 4) is 0 Å². The molecule has 1 saturated heterocycles. The maximum absolute atomic E-state index is 12.4. The first-order valence-electron chi connectivity index (χ1n) is 9.99. The van der Waals surface area contributed by atoms with Crippen molar-refractivity contribution in [2.24, 2.45) is 0 Å². The topological polar surface area (TPSA) is 87.5 Å². The second kappa shape index (κ2) is 9.54. The second-order valence-electron chi connectivity index (χ2n) is 7.35. The first-order chi connectivity index (χ1) is 13.5. The van der Waals surface area contributed by atoms with Gasteiger partial charge in [-0.15, -0.1) is 0 Å². The number of nitrogens with one attached hydrogen (secondary N) is 2. The zero-order chi connectivity index (χ0) is 20.0. The van der Waals surface area contributed by atoms with E-state index in [-0.39, 0.29) is 17.0 Å². The maximum Gasteiger partial charge on any atom is 0.242 e. The third-order valence-electron chi connectivity index (χ3n) is 5.05. The molecule has 3 rings (SSSR count). The van der Waals surface area contributed by atoms with Gasteiger partial charge in [0.1, 0.15) is 16.5 Å². The second-order valence-corrected chi connectivity index (χ2v) is 9.06. The lowest BCUT2D eigenvalue weighted by atomic mass is 10.2. The van der Waals surface area contributed by atoms with Crippen LogP contribution in [-0.2, 0) is 10.0 Å². The molecule has 2 atom stereocenters. The minimum atomic E-state index is -3.54. The van der Waals surface area contributed by atoms with Gasteiger partial charge in [-0.05, 0) is 63.5 Å². The largest absolute Gasteiger partial charge is 0.468 e. The number of furan rings is 1. The molecule has 0 aromatic carbocycles. The van der Waals surface area contributed by atoms with E-state index < -0.39 is 10.0 Å². The molecule has 1 fully saturated rings. The third-order valence-corrected chi connectivity index (χ3v) is 6.63. The van der Waals surface area contributed by atoms with Crippen LogP contribution in [0.15, 0.2) is 46.0 Å². The van der Waals surface area contributed by atoms with Gasteiger partial charge in [0.15, 0.2) is 0 Å². The molecule has 2 N–H and O–H groups in total. The molecule has 3 heterocycles. The van der Waals surface area contributed by atoms with Crippen molar-refractivity contribution in [2.45, 2.75) is 56.5 Å². The van der Waals surface area contributed by atoms with E-state index in [1.807, 2.05) is 26.0 Å². The molecule has 1 aliphatic heterocycles. The van der Waals surface area contributed by atoms with E-state index in [1.54, 1.807) is 18.4 Å². The highest BCUT2D eigenvalue weighted by Gasteiger charge is 2.25. The van der Waals surface area contributed by atoms with Crippen LogP contribution in [0.1, 0.15) is 51.3 Å². The molecule has 0 radical (unpaired) electrons. The van der Waals surface area contributed by atoms with Gasteiger partial charge in [0.25, 0.3) is 0 Å². The number of rotatable bonds is 10. The number of likely N-dealkylation sites (tertiary alicyclic amines) is 1. The number of nitrogens with zero attached hydrogens (tertiary/aromatic N) is 2. The highest BCUT2D eigenvalue weighted by atomic mass is 32.2. The van der Waals surface area contributed by atoms with Crippen molar-refractivity contribution in [3.63, 3.8) is 0 Å². The summed E-state index contributed by atoms with van der Waals surface area (Å²) in [6.07, 6.45) is 7.23. The molecular weight excluding hydrogens is 376 g/mol. The molecule has 28 heavy (non-hydrogen) atoms. The molecule has 2 unspecified atom stereocenters. The van der Waals surface area contributed by atoms with Crippen LogP contribution in [0, 0.1) is 0 Å². The van der Waals surface area contributed by atoms with Crippen molar-refractivity contribution in [2.75, 3.05) is 25.0 Å². The molecule has 154 valence electrons. The molecule has 0 saturated carbocycles. The van der Waals surface area contributed by atoms with Crippen LogP contribution >= 0.6 is 0 Å². The van der Waals surface area contributed by atoms with Crippen molar-refractivity contribution in [1.82, 2.24) is 14.6 Å². The molecule has 2 aromatic heterocycles. The van der Waals surface area contributed by atoms with Gasteiger partial charge in [0, 0.05) is 18.8 Å². The van der Waals surface area contributed by atoms with Crippen LogP contribution in [0.5, 0.6) is 0 Å². The average Bonchev–Trinajstić information content (AvgIpc) is 3.37.